The number of likely N-dealkylation sites (tertiary alicyclic amines) is 1. The molecule has 0 bridgehead atoms. The van der Waals surface area contributed by atoms with E-state index in [1.54, 1.807) is 0 Å². The predicted molar refractivity (Wildman–Crippen MR) is 122 cm³/mol. The third-order valence-corrected chi connectivity index (χ3v) is 6.87. The van der Waals surface area contributed by atoms with Crippen LogP contribution in [0, 0.1) is 0 Å². The topological polar surface area (TPSA) is 48.0 Å². The number of ether oxygens (including phenoxy) is 1. The number of nitrogens with zero attached hydrogens (tertiary/aromatic N) is 1. The van der Waals surface area contributed by atoms with E-state index in [9.17, 15) is 4.79 Å². The van der Waals surface area contributed by atoms with Crippen molar-refractivity contribution in [3.05, 3.63) is 65.7 Å². The second-order valence-corrected chi connectivity index (χ2v) is 9.56. The van der Waals surface area contributed by atoms with E-state index >= 15 is 0 Å². The molecule has 2 aromatic carbocycles. The van der Waals surface area contributed by atoms with Crippen LogP contribution in [0.2, 0.25) is 0 Å². The minimum atomic E-state index is -0.349. The lowest BCUT2D eigenvalue weighted by atomic mass is 9.76. The Morgan fingerprint density at radius 3 is 2.29 bits per heavy atom. The number of piperidine rings is 1. The summed E-state index contributed by atoms with van der Waals surface area (Å²) in [4.78, 5) is 14.3. The standard InChI is InChI=1S/C25H32BNO4/c1-24(2)25(3,4)31-26(30-24)22-12-8-11-21(17-22)20-13-15-27(16-14-20)23(28)29-18-19-9-6-5-7-10-19/h5-12,17,20H,13-16,18H2,1-4H3. The zero-order chi connectivity index (χ0) is 22.1. The van der Waals surface area contributed by atoms with E-state index < -0.39 is 0 Å². The normalized spacial score (nSPS) is 20.6. The number of rotatable bonds is 4. The van der Waals surface area contributed by atoms with Gasteiger partial charge in [-0.3, -0.25) is 0 Å². The SMILES string of the molecule is CC1(C)OB(c2cccc(C3CCN(C(=O)OCc4ccccc4)CC3)c2)OC1(C)C. The molecule has 2 heterocycles. The minimum absolute atomic E-state index is 0.228. The van der Waals surface area contributed by atoms with Gasteiger partial charge in [-0.05, 0) is 63.0 Å². The number of hydrogen-bond acceptors (Lipinski definition) is 4. The molecule has 4 rings (SSSR count). The van der Waals surface area contributed by atoms with Crippen molar-refractivity contribution in [1.29, 1.82) is 0 Å². The van der Waals surface area contributed by atoms with E-state index in [0.717, 1.165) is 23.9 Å². The van der Waals surface area contributed by atoms with Crippen molar-refractivity contribution >= 4 is 18.7 Å². The Bertz CT molecular complexity index is 891. The van der Waals surface area contributed by atoms with Crippen LogP contribution in [-0.2, 0) is 20.7 Å². The molecule has 0 unspecified atom stereocenters. The molecule has 0 N–H and O–H groups in total. The highest BCUT2D eigenvalue weighted by Crippen LogP contribution is 2.37. The lowest BCUT2D eigenvalue weighted by molar-refractivity contribution is 0.00578. The van der Waals surface area contributed by atoms with Crippen LogP contribution in [0.25, 0.3) is 0 Å². The quantitative estimate of drug-likeness (QED) is 0.682. The lowest BCUT2D eigenvalue weighted by Gasteiger charge is -2.32. The van der Waals surface area contributed by atoms with Gasteiger partial charge in [0.2, 0.25) is 0 Å². The Kier molecular flexibility index (Phi) is 6.13. The van der Waals surface area contributed by atoms with Crippen LogP contribution < -0.4 is 5.46 Å². The summed E-state index contributed by atoms with van der Waals surface area (Å²) in [5.74, 6) is 0.417. The summed E-state index contributed by atoms with van der Waals surface area (Å²) in [7, 11) is -0.349. The minimum Gasteiger partial charge on any atom is -0.445 e. The summed E-state index contributed by atoms with van der Waals surface area (Å²) >= 11 is 0. The average Bonchev–Trinajstić information content (AvgIpc) is 3.00. The second kappa shape index (κ2) is 8.68. The van der Waals surface area contributed by atoms with Crippen molar-refractivity contribution in [2.75, 3.05) is 13.1 Å². The molecule has 0 radical (unpaired) electrons. The maximum atomic E-state index is 12.4. The fourth-order valence-electron chi connectivity index (χ4n) is 4.14. The molecule has 2 aliphatic heterocycles. The molecule has 2 fully saturated rings. The molecule has 164 valence electrons. The van der Waals surface area contributed by atoms with Gasteiger partial charge in [0.15, 0.2) is 0 Å². The summed E-state index contributed by atoms with van der Waals surface area (Å²) in [6, 6.07) is 18.3. The summed E-state index contributed by atoms with van der Waals surface area (Å²) in [5.41, 5.74) is 2.65. The van der Waals surface area contributed by atoms with Gasteiger partial charge in [-0.25, -0.2) is 4.79 Å². The first kappa shape index (κ1) is 21.9. The average molecular weight is 421 g/mol. The molecule has 6 heteroatoms. The monoisotopic (exact) mass is 421 g/mol. The van der Waals surface area contributed by atoms with Gasteiger partial charge in [0, 0.05) is 13.1 Å². The summed E-state index contributed by atoms with van der Waals surface area (Å²) in [5, 5.41) is 0. The van der Waals surface area contributed by atoms with Gasteiger partial charge in [0.1, 0.15) is 6.61 Å². The molecule has 2 aliphatic rings. The molecule has 0 atom stereocenters. The molecule has 2 saturated heterocycles. The van der Waals surface area contributed by atoms with E-state index in [0.29, 0.717) is 25.6 Å². The van der Waals surface area contributed by atoms with Crippen molar-refractivity contribution in [3.63, 3.8) is 0 Å². The summed E-state index contributed by atoms with van der Waals surface area (Å²) < 4.78 is 17.9. The van der Waals surface area contributed by atoms with Crippen LogP contribution in [-0.4, -0.2) is 42.4 Å². The molecule has 5 nitrogen and oxygen atoms in total. The fraction of sp³-hybridized carbons (Fsp3) is 0.480. The van der Waals surface area contributed by atoms with Gasteiger partial charge >= 0.3 is 13.2 Å². The van der Waals surface area contributed by atoms with Gasteiger partial charge < -0.3 is 18.9 Å². The maximum Gasteiger partial charge on any atom is 0.494 e. The van der Waals surface area contributed by atoms with E-state index in [-0.39, 0.29) is 24.4 Å². The molecule has 1 amide bonds. The highest BCUT2D eigenvalue weighted by molar-refractivity contribution is 6.62. The third-order valence-electron chi connectivity index (χ3n) is 6.87. The van der Waals surface area contributed by atoms with Crippen LogP contribution in [0.4, 0.5) is 4.79 Å². The van der Waals surface area contributed by atoms with Crippen molar-refractivity contribution in [3.8, 4) is 0 Å². The Labute approximate surface area is 185 Å². The molecule has 0 saturated carbocycles. The van der Waals surface area contributed by atoms with Crippen LogP contribution in [0.5, 0.6) is 0 Å². The van der Waals surface area contributed by atoms with Crippen molar-refractivity contribution in [2.24, 2.45) is 0 Å². The number of carbonyl (C=O) groups excluding carboxylic acids is 1. The second-order valence-electron chi connectivity index (χ2n) is 9.56. The Morgan fingerprint density at radius 1 is 1.00 bits per heavy atom. The van der Waals surface area contributed by atoms with Gasteiger partial charge in [-0.15, -0.1) is 0 Å². The first-order valence-electron chi connectivity index (χ1n) is 11.2. The molecular formula is C25H32BNO4. The third kappa shape index (κ3) is 4.80. The zero-order valence-corrected chi connectivity index (χ0v) is 19.0. The first-order chi connectivity index (χ1) is 14.7. The molecular weight excluding hydrogens is 389 g/mol. The summed E-state index contributed by atoms with van der Waals surface area (Å²) in [6.45, 7) is 10.0. The smallest absolute Gasteiger partial charge is 0.445 e. The number of hydrogen-bond donors (Lipinski definition) is 0. The van der Waals surface area contributed by atoms with Gasteiger partial charge in [-0.2, -0.15) is 0 Å². The number of benzene rings is 2. The maximum absolute atomic E-state index is 12.4. The molecule has 0 spiro atoms. The molecule has 31 heavy (non-hydrogen) atoms. The summed E-state index contributed by atoms with van der Waals surface area (Å²) in [6.07, 6.45) is 1.62. The largest absolute Gasteiger partial charge is 0.494 e. The van der Waals surface area contributed by atoms with Crippen LogP contribution in [0.3, 0.4) is 0 Å². The van der Waals surface area contributed by atoms with E-state index in [1.165, 1.54) is 5.56 Å². The van der Waals surface area contributed by atoms with Gasteiger partial charge in [0.05, 0.1) is 11.2 Å². The van der Waals surface area contributed by atoms with Gasteiger partial charge in [0.25, 0.3) is 0 Å². The highest BCUT2D eigenvalue weighted by atomic mass is 16.7. The van der Waals surface area contributed by atoms with Crippen LogP contribution in [0.1, 0.15) is 57.6 Å². The van der Waals surface area contributed by atoms with Crippen LogP contribution in [0.15, 0.2) is 54.6 Å². The number of carbonyl (C=O) groups is 1. The number of amides is 1. The zero-order valence-electron chi connectivity index (χ0n) is 19.0. The Morgan fingerprint density at radius 2 is 1.65 bits per heavy atom. The van der Waals surface area contributed by atoms with Crippen molar-refractivity contribution in [2.45, 2.75) is 64.3 Å². The molecule has 2 aromatic rings. The molecule has 0 aromatic heterocycles. The molecule has 0 aliphatic carbocycles. The van der Waals surface area contributed by atoms with E-state index in [1.807, 2.05) is 35.2 Å². The lowest BCUT2D eigenvalue weighted by Crippen LogP contribution is -2.41. The van der Waals surface area contributed by atoms with E-state index in [2.05, 4.69) is 52.0 Å². The van der Waals surface area contributed by atoms with Gasteiger partial charge in [-0.1, -0.05) is 54.6 Å². The van der Waals surface area contributed by atoms with Crippen molar-refractivity contribution in [1.82, 2.24) is 4.90 Å². The fourth-order valence-corrected chi connectivity index (χ4v) is 4.14. The van der Waals surface area contributed by atoms with Crippen LogP contribution >= 0.6 is 0 Å². The van der Waals surface area contributed by atoms with E-state index in [4.69, 9.17) is 14.0 Å². The highest BCUT2D eigenvalue weighted by Gasteiger charge is 2.51. The predicted octanol–water partition coefficient (Wildman–Crippen LogP) is 4.50. The van der Waals surface area contributed by atoms with Crippen molar-refractivity contribution < 1.29 is 18.8 Å². The first-order valence-corrected chi connectivity index (χ1v) is 11.2. The Hall–Kier alpha value is -2.31. The Balaban J connectivity index is 1.33.